The van der Waals surface area contributed by atoms with Crippen molar-refractivity contribution in [3.63, 3.8) is 0 Å². The van der Waals surface area contributed by atoms with E-state index in [9.17, 15) is 4.79 Å². The first-order valence-electron chi connectivity index (χ1n) is 5.81. The summed E-state index contributed by atoms with van der Waals surface area (Å²) in [5.41, 5.74) is 0. The predicted octanol–water partition coefficient (Wildman–Crippen LogP) is 4.62. The van der Waals surface area contributed by atoms with Crippen LogP contribution in [0, 0.1) is 0 Å². The van der Waals surface area contributed by atoms with Crippen LogP contribution in [0.15, 0.2) is 39.2 Å². The lowest BCUT2D eigenvalue weighted by Crippen LogP contribution is -2.03. The molecule has 1 unspecified atom stereocenters. The van der Waals surface area contributed by atoms with Crippen LogP contribution in [0.25, 0.3) is 0 Å². The highest BCUT2D eigenvalue weighted by molar-refractivity contribution is 9.10. The Balaban J connectivity index is 2.13. The van der Waals surface area contributed by atoms with E-state index < -0.39 is 5.97 Å². The summed E-state index contributed by atoms with van der Waals surface area (Å²) in [4.78, 5) is 11.3. The normalized spacial score (nSPS) is 12.0. The van der Waals surface area contributed by atoms with Crippen LogP contribution in [0.5, 0.6) is 5.75 Å². The van der Waals surface area contributed by atoms with Crippen molar-refractivity contribution in [3.05, 3.63) is 51.3 Å². The van der Waals surface area contributed by atoms with Gasteiger partial charge in [-0.2, -0.15) is 0 Å². The van der Waals surface area contributed by atoms with E-state index in [2.05, 4.69) is 20.7 Å². The van der Waals surface area contributed by atoms with Crippen molar-refractivity contribution in [1.82, 2.24) is 0 Å². The number of furan rings is 1. The van der Waals surface area contributed by atoms with Crippen molar-refractivity contribution in [2.45, 2.75) is 13.0 Å². The Kier molecular flexibility index (Phi) is 4.73. The van der Waals surface area contributed by atoms with Crippen LogP contribution in [-0.4, -0.2) is 13.1 Å². The van der Waals surface area contributed by atoms with Gasteiger partial charge < -0.3 is 13.9 Å². The summed E-state index contributed by atoms with van der Waals surface area (Å²) in [6, 6.07) is 8.54. The van der Waals surface area contributed by atoms with Gasteiger partial charge in [-0.25, -0.2) is 4.79 Å². The summed E-state index contributed by atoms with van der Waals surface area (Å²) in [6.07, 6.45) is -0.382. The molecule has 0 saturated heterocycles. The third kappa shape index (κ3) is 3.35. The summed E-state index contributed by atoms with van der Waals surface area (Å²) in [5, 5.41) is 0.492. The summed E-state index contributed by atoms with van der Waals surface area (Å²) in [6.45, 7) is 1.80. The van der Waals surface area contributed by atoms with E-state index in [1.165, 1.54) is 7.11 Å². The Labute approximate surface area is 129 Å². The van der Waals surface area contributed by atoms with Gasteiger partial charge in [-0.15, -0.1) is 0 Å². The lowest BCUT2D eigenvalue weighted by molar-refractivity contribution is 0.0558. The highest BCUT2D eigenvalue weighted by atomic mass is 79.9. The fraction of sp³-hybridized carbons (Fsp3) is 0.214. The molecule has 20 heavy (non-hydrogen) atoms. The molecule has 0 aliphatic rings. The molecule has 0 amide bonds. The average molecular weight is 360 g/mol. The predicted molar refractivity (Wildman–Crippen MR) is 78.2 cm³/mol. The topological polar surface area (TPSA) is 48.7 Å². The maximum absolute atomic E-state index is 11.3. The van der Waals surface area contributed by atoms with Gasteiger partial charge in [0.25, 0.3) is 0 Å². The summed E-state index contributed by atoms with van der Waals surface area (Å²) >= 11 is 9.40. The molecule has 0 N–H and O–H groups in total. The van der Waals surface area contributed by atoms with Crippen LogP contribution >= 0.6 is 27.5 Å². The summed E-state index contributed by atoms with van der Waals surface area (Å²) < 4.78 is 16.5. The molecule has 0 aliphatic heterocycles. The molecule has 2 aromatic rings. The molecule has 1 heterocycles. The molecule has 1 atom stereocenters. The highest BCUT2D eigenvalue weighted by Gasteiger charge is 2.17. The third-order valence-corrected chi connectivity index (χ3v) is 3.40. The van der Waals surface area contributed by atoms with Gasteiger partial charge in [0.2, 0.25) is 5.76 Å². The van der Waals surface area contributed by atoms with Crippen molar-refractivity contribution in [1.29, 1.82) is 0 Å². The number of hydrogen-bond acceptors (Lipinski definition) is 4. The van der Waals surface area contributed by atoms with Crippen molar-refractivity contribution < 1.29 is 18.7 Å². The first kappa shape index (κ1) is 14.9. The Hall–Kier alpha value is -1.46. The Bertz CT molecular complexity index is 623. The van der Waals surface area contributed by atoms with E-state index in [0.717, 1.165) is 4.47 Å². The molecule has 0 aliphatic carbocycles. The molecule has 4 nitrogen and oxygen atoms in total. The molecular formula is C14H12BrClO4. The first-order chi connectivity index (χ1) is 9.51. The highest BCUT2D eigenvalue weighted by Crippen LogP contribution is 2.31. The number of carbonyl (C=O) groups is 1. The van der Waals surface area contributed by atoms with E-state index in [0.29, 0.717) is 16.5 Å². The summed E-state index contributed by atoms with van der Waals surface area (Å²) in [7, 11) is 1.30. The molecule has 0 fully saturated rings. The molecule has 6 heteroatoms. The minimum Gasteiger partial charge on any atom is -0.481 e. The largest absolute Gasteiger partial charge is 0.481 e. The van der Waals surface area contributed by atoms with Gasteiger partial charge in [0.15, 0.2) is 6.10 Å². The van der Waals surface area contributed by atoms with Crippen LogP contribution in [0.1, 0.15) is 29.3 Å². The van der Waals surface area contributed by atoms with Crippen LogP contribution in [0.2, 0.25) is 5.02 Å². The maximum atomic E-state index is 11.3. The standard InChI is InChI=1S/C14H12BrClO4/c1-8(11-5-6-13(20-11)14(17)18-2)19-12-4-3-9(15)7-10(12)16/h3-8H,1-2H3. The van der Waals surface area contributed by atoms with Crippen LogP contribution < -0.4 is 4.74 Å². The number of rotatable bonds is 4. The van der Waals surface area contributed by atoms with Crippen molar-refractivity contribution in [2.75, 3.05) is 7.11 Å². The van der Waals surface area contributed by atoms with Crippen LogP contribution in [-0.2, 0) is 4.74 Å². The summed E-state index contributed by atoms with van der Waals surface area (Å²) in [5.74, 6) is 0.674. The fourth-order valence-electron chi connectivity index (χ4n) is 1.60. The second kappa shape index (κ2) is 6.33. The van der Waals surface area contributed by atoms with E-state index in [1.54, 1.807) is 31.2 Å². The van der Waals surface area contributed by atoms with Gasteiger partial charge >= 0.3 is 5.97 Å². The van der Waals surface area contributed by atoms with Crippen LogP contribution in [0.3, 0.4) is 0 Å². The number of carbonyl (C=O) groups excluding carboxylic acids is 1. The molecule has 106 valence electrons. The molecule has 2 rings (SSSR count). The number of ether oxygens (including phenoxy) is 2. The molecule has 0 bridgehead atoms. The first-order valence-corrected chi connectivity index (χ1v) is 6.98. The molecule has 1 aromatic heterocycles. The lowest BCUT2D eigenvalue weighted by atomic mass is 10.3. The number of benzene rings is 1. The van der Waals surface area contributed by atoms with Crippen molar-refractivity contribution >= 4 is 33.5 Å². The fourth-order valence-corrected chi connectivity index (χ4v) is 2.32. The lowest BCUT2D eigenvalue weighted by Gasteiger charge is -2.13. The van der Waals surface area contributed by atoms with Gasteiger partial charge in [0.1, 0.15) is 11.5 Å². The monoisotopic (exact) mass is 358 g/mol. The van der Waals surface area contributed by atoms with Gasteiger partial charge in [-0.3, -0.25) is 0 Å². The minimum absolute atomic E-state index is 0.139. The van der Waals surface area contributed by atoms with E-state index in [4.69, 9.17) is 20.8 Å². The van der Waals surface area contributed by atoms with Gasteiger partial charge in [0, 0.05) is 4.47 Å². The van der Waals surface area contributed by atoms with Gasteiger partial charge in [-0.1, -0.05) is 27.5 Å². The number of hydrogen-bond donors (Lipinski definition) is 0. The Morgan fingerprint density at radius 2 is 2.10 bits per heavy atom. The Morgan fingerprint density at radius 1 is 1.35 bits per heavy atom. The number of esters is 1. The average Bonchev–Trinajstić information content (AvgIpc) is 2.90. The second-order valence-corrected chi connectivity index (χ2v) is 5.35. The van der Waals surface area contributed by atoms with Crippen molar-refractivity contribution in [2.24, 2.45) is 0 Å². The second-order valence-electron chi connectivity index (χ2n) is 4.03. The van der Waals surface area contributed by atoms with Gasteiger partial charge in [0.05, 0.1) is 12.1 Å². The zero-order valence-electron chi connectivity index (χ0n) is 10.9. The molecule has 0 spiro atoms. The smallest absolute Gasteiger partial charge is 0.373 e. The molecular weight excluding hydrogens is 348 g/mol. The minimum atomic E-state index is -0.523. The van der Waals surface area contributed by atoms with E-state index in [-0.39, 0.29) is 11.9 Å². The zero-order valence-corrected chi connectivity index (χ0v) is 13.2. The Morgan fingerprint density at radius 3 is 2.75 bits per heavy atom. The zero-order chi connectivity index (χ0) is 14.7. The van der Waals surface area contributed by atoms with E-state index in [1.807, 2.05) is 6.07 Å². The maximum Gasteiger partial charge on any atom is 0.373 e. The van der Waals surface area contributed by atoms with Gasteiger partial charge in [-0.05, 0) is 37.3 Å². The molecule has 1 aromatic carbocycles. The molecule has 0 radical (unpaired) electrons. The van der Waals surface area contributed by atoms with Crippen molar-refractivity contribution in [3.8, 4) is 5.75 Å². The molecule has 0 saturated carbocycles. The SMILES string of the molecule is COC(=O)c1ccc(C(C)Oc2ccc(Br)cc2Cl)o1. The number of methoxy groups -OCH3 is 1. The van der Waals surface area contributed by atoms with Crippen LogP contribution in [0.4, 0.5) is 0 Å². The van der Waals surface area contributed by atoms with E-state index >= 15 is 0 Å². The number of halogens is 2. The quantitative estimate of drug-likeness (QED) is 0.747. The third-order valence-electron chi connectivity index (χ3n) is 2.61.